The normalized spacial score (nSPS) is 23.9. The fourth-order valence-corrected chi connectivity index (χ4v) is 5.00. The van der Waals surface area contributed by atoms with Crippen LogP contribution < -0.4 is 16.4 Å². The van der Waals surface area contributed by atoms with Crippen molar-refractivity contribution in [1.82, 2.24) is 19.5 Å². The van der Waals surface area contributed by atoms with Crippen molar-refractivity contribution in [3.05, 3.63) is 39.7 Å². The molecule has 2 aromatic heterocycles. The molecule has 1 saturated heterocycles. The summed E-state index contributed by atoms with van der Waals surface area (Å²) in [5, 5.41) is 7.06. The van der Waals surface area contributed by atoms with E-state index in [1.807, 2.05) is 6.33 Å². The number of fused-ring (bicyclic) bond motifs is 1. The van der Waals surface area contributed by atoms with Crippen LogP contribution in [0.2, 0.25) is 0 Å². The van der Waals surface area contributed by atoms with Gasteiger partial charge in [-0.15, -0.1) is 0 Å². The molecule has 0 bridgehead atoms. The molecule has 1 aliphatic carbocycles. The zero-order valence-corrected chi connectivity index (χ0v) is 19.6. The SMILES string of the molecule is NC1CCC(Nc2nc(NCc3cccc(I)c3)c3ncn([C@H]4CCOC4)c3n2)CC1. The Balaban J connectivity index is 1.45. The maximum atomic E-state index is 6.08. The van der Waals surface area contributed by atoms with E-state index < -0.39 is 0 Å². The lowest BCUT2D eigenvalue weighted by Gasteiger charge is -2.27. The zero-order valence-electron chi connectivity index (χ0n) is 17.4. The van der Waals surface area contributed by atoms with Crippen LogP contribution in [0.25, 0.3) is 11.2 Å². The second-order valence-electron chi connectivity index (χ2n) is 8.48. The van der Waals surface area contributed by atoms with Gasteiger partial charge < -0.3 is 25.7 Å². The number of imidazole rings is 1. The van der Waals surface area contributed by atoms with Gasteiger partial charge in [-0.2, -0.15) is 9.97 Å². The fourth-order valence-electron chi connectivity index (χ4n) is 4.39. The summed E-state index contributed by atoms with van der Waals surface area (Å²) in [5.41, 5.74) is 8.94. The van der Waals surface area contributed by atoms with Crippen LogP contribution in [0.3, 0.4) is 0 Å². The number of nitrogens with zero attached hydrogens (tertiary/aromatic N) is 4. The summed E-state index contributed by atoms with van der Waals surface area (Å²) < 4.78 is 8.96. The van der Waals surface area contributed by atoms with Gasteiger partial charge in [0, 0.05) is 28.8 Å². The predicted octanol–water partition coefficient (Wildman–Crippen LogP) is 3.69. The minimum Gasteiger partial charge on any atom is -0.379 e. The van der Waals surface area contributed by atoms with Crippen molar-refractivity contribution in [2.24, 2.45) is 5.73 Å². The van der Waals surface area contributed by atoms with Crippen LogP contribution >= 0.6 is 22.6 Å². The third-order valence-corrected chi connectivity index (χ3v) is 6.85. The van der Waals surface area contributed by atoms with Crippen molar-refractivity contribution in [3.63, 3.8) is 0 Å². The van der Waals surface area contributed by atoms with E-state index in [1.54, 1.807) is 0 Å². The van der Waals surface area contributed by atoms with Gasteiger partial charge in [-0.25, -0.2) is 4.98 Å². The molecule has 0 radical (unpaired) electrons. The Labute approximate surface area is 195 Å². The lowest BCUT2D eigenvalue weighted by Crippen LogP contribution is -2.33. The highest BCUT2D eigenvalue weighted by Crippen LogP contribution is 2.28. The molecule has 9 heteroatoms. The van der Waals surface area contributed by atoms with Crippen LogP contribution in [-0.4, -0.2) is 44.8 Å². The first-order valence-electron chi connectivity index (χ1n) is 11.0. The van der Waals surface area contributed by atoms with E-state index >= 15 is 0 Å². The molecule has 0 amide bonds. The Hall–Kier alpha value is -1.98. The topological polar surface area (TPSA) is 103 Å². The number of hydrogen-bond acceptors (Lipinski definition) is 7. The van der Waals surface area contributed by atoms with Gasteiger partial charge in [0.2, 0.25) is 5.95 Å². The van der Waals surface area contributed by atoms with Crippen LogP contribution in [0.5, 0.6) is 0 Å². The average Bonchev–Trinajstić information content (AvgIpc) is 3.43. The lowest BCUT2D eigenvalue weighted by molar-refractivity contribution is 0.187. The Bertz CT molecular complexity index is 1040. The standard InChI is InChI=1S/C22H28IN7O/c23-15-3-1-2-14(10-15)11-25-20-19-21(30(13-26-19)18-8-9-31-12-18)29-22(28-20)27-17-6-4-16(24)5-7-17/h1-3,10,13,16-18H,4-9,11-12,24H2,(H2,25,27,28,29)/t16?,17?,18-/m0/s1. The van der Waals surface area contributed by atoms with E-state index in [0.717, 1.165) is 55.7 Å². The van der Waals surface area contributed by atoms with Crippen molar-refractivity contribution in [2.75, 3.05) is 23.8 Å². The van der Waals surface area contributed by atoms with Gasteiger partial charge in [-0.05, 0) is 72.4 Å². The molecule has 0 spiro atoms. The monoisotopic (exact) mass is 533 g/mol. The van der Waals surface area contributed by atoms with Gasteiger partial charge in [0.25, 0.3) is 0 Å². The molecule has 3 heterocycles. The Morgan fingerprint density at radius 2 is 2.03 bits per heavy atom. The molecule has 8 nitrogen and oxygen atoms in total. The first-order valence-corrected chi connectivity index (χ1v) is 12.1. The van der Waals surface area contributed by atoms with Crippen molar-refractivity contribution in [2.45, 2.75) is 56.8 Å². The summed E-state index contributed by atoms with van der Waals surface area (Å²) in [6, 6.07) is 9.39. The third kappa shape index (κ3) is 4.78. The Morgan fingerprint density at radius 1 is 1.16 bits per heavy atom. The molecule has 31 heavy (non-hydrogen) atoms. The lowest BCUT2D eigenvalue weighted by atomic mass is 9.92. The second-order valence-corrected chi connectivity index (χ2v) is 9.72. The highest BCUT2D eigenvalue weighted by molar-refractivity contribution is 14.1. The van der Waals surface area contributed by atoms with Crippen molar-refractivity contribution in [3.8, 4) is 0 Å². The quantitative estimate of drug-likeness (QED) is 0.416. The molecule has 164 valence electrons. The number of rotatable bonds is 6. The van der Waals surface area contributed by atoms with Gasteiger partial charge in [-0.1, -0.05) is 12.1 Å². The molecule has 0 unspecified atom stereocenters. The van der Waals surface area contributed by atoms with Crippen molar-refractivity contribution < 1.29 is 4.74 Å². The molecule has 2 fully saturated rings. The first-order chi connectivity index (χ1) is 15.2. The van der Waals surface area contributed by atoms with E-state index in [1.165, 1.54) is 9.13 Å². The minimum atomic E-state index is 0.268. The van der Waals surface area contributed by atoms with E-state index in [0.29, 0.717) is 31.2 Å². The molecule has 1 atom stereocenters. The van der Waals surface area contributed by atoms with Crippen LogP contribution in [0, 0.1) is 3.57 Å². The number of benzene rings is 1. The van der Waals surface area contributed by atoms with E-state index in [9.17, 15) is 0 Å². The highest BCUT2D eigenvalue weighted by atomic mass is 127. The second kappa shape index (κ2) is 9.25. The number of anilines is 2. The molecule has 5 rings (SSSR count). The number of hydrogen-bond donors (Lipinski definition) is 3. The molecule has 1 saturated carbocycles. The zero-order chi connectivity index (χ0) is 21.2. The maximum absolute atomic E-state index is 6.08. The van der Waals surface area contributed by atoms with Gasteiger partial charge in [0.1, 0.15) is 0 Å². The van der Waals surface area contributed by atoms with Gasteiger partial charge >= 0.3 is 0 Å². The third-order valence-electron chi connectivity index (χ3n) is 6.17. The minimum absolute atomic E-state index is 0.268. The molecule has 3 aromatic rings. The van der Waals surface area contributed by atoms with E-state index in [2.05, 4.69) is 67.0 Å². The van der Waals surface area contributed by atoms with Gasteiger partial charge in [0.15, 0.2) is 17.0 Å². The van der Waals surface area contributed by atoms with E-state index in [-0.39, 0.29) is 6.04 Å². The van der Waals surface area contributed by atoms with Crippen molar-refractivity contribution >= 4 is 45.5 Å². The fraction of sp³-hybridized carbons (Fsp3) is 0.500. The summed E-state index contributed by atoms with van der Waals surface area (Å²) in [4.78, 5) is 14.4. The summed E-state index contributed by atoms with van der Waals surface area (Å²) in [5.74, 6) is 1.41. The van der Waals surface area contributed by atoms with Crippen LogP contribution in [0.4, 0.5) is 11.8 Å². The Kier molecular flexibility index (Phi) is 6.24. The largest absolute Gasteiger partial charge is 0.379 e. The first kappa shape index (κ1) is 20.9. The van der Waals surface area contributed by atoms with Gasteiger partial charge in [-0.3, -0.25) is 0 Å². The molecule has 4 N–H and O–H groups in total. The number of halogens is 1. The molecule has 1 aliphatic heterocycles. The number of ether oxygens (including phenoxy) is 1. The number of aromatic nitrogens is 4. The van der Waals surface area contributed by atoms with Crippen molar-refractivity contribution in [1.29, 1.82) is 0 Å². The summed E-state index contributed by atoms with van der Waals surface area (Å²) in [6.45, 7) is 2.16. The highest BCUT2D eigenvalue weighted by Gasteiger charge is 2.24. The number of nitrogens with one attached hydrogen (secondary N) is 2. The van der Waals surface area contributed by atoms with Crippen LogP contribution in [0.1, 0.15) is 43.7 Å². The van der Waals surface area contributed by atoms with Crippen LogP contribution in [-0.2, 0) is 11.3 Å². The molecule has 2 aliphatic rings. The average molecular weight is 533 g/mol. The summed E-state index contributed by atoms with van der Waals surface area (Å²) in [7, 11) is 0. The summed E-state index contributed by atoms with van der Waals surface area (Å²) >= 11 is 2.34. The van der Waals surface area contributed by atoms with Gasteiger partial charge in [0.05, 0.1) is 19.0 Å². The molecular formula is C22H28IN7O. The molecular weight excluding hydrogens is 505 g/mol. The summed E-state index contributed by atoms with van der Waals surface area (Å²) in [6.07, 6.45) is 7.01. The Morgan fingerprint density at radius 3 is 2.81 bits per heavy atom. The number of nitrogens with two attached hydrogens (primary N) is 1. The molecule has 1 aromatic carbocycles. The smallest absolute Gasteiger partial charge is 0.227 e. The maximum Gasteiger partial charge on any atom is 0.227 e. The van der Waals surface area contributed by atoms with Crippen LogP contribution in [0.15, 0.2) is 30.6 Å². The van der Waals surface area contributed by atoms with E-state index in [4.69, 9.17) is 20.4 Å². The predicted molar refractivity (Wildman–Crippen MR) is 130 cm³/mol.